The lowest BCUT2D eigenvalue weighted by Gasteiger charge is -2.11. The van der Waals surface area contributed by atoms with Crippen LogP contribution in [0.1, 0.15) is 11.1 Å². The number of hydrogen-bond acceptors (Lipinski definition) is 4. The molecule has 0 aliphatic rings. The number of nitrogens with zero attached hydrogens (tertiary/aromatic N) is 3. The Balaban J connectivity index is 1.88. The van der Waals surface area contributed by atoms with E-state index in [1.807, 2.05) is 19.2 Å². The van der Waals surface area contributed by atoms with Gasteiger partial charge in [-0.2, -0.15) is 0 Å². The molecule has 0 saturated heterocycles. The molecule has 2 aromatic heterocycles. The van der Waals surface area contributed by atoms with Gasteiger partial charge in [-0.05, 0) is 49.2 Å². The molecule has 0 saturated carbocycles. The van der Waals surface area contributed by atoms with Gasteiger partial charge in [0.25, 0.3) is 0 Å². The highest BCUT2D eigenvalue weighted by Crippen LogP contribution is 2.30. The lowest BCUT2D eigenvalue weighted by Crippen LogP contribution is -1.99. The summed E-state index contributed by atoms with van der Waals surface area (Å²) in [6.07, 6.45) is 3.53. The van der Waals surface area contributed by atoms with Gasteiger partial charge >= 0.3 is 0 Å². The van der Waals surface area contributed by atoms with Crippen molar-refractivity contribution >= 4 is 16.7 Å². The highest BCUT2D eigenvalue weighted by atomic mass is 15.0. The van der Waals surface area contributed by atoms with Gasteiger partial charge in [0.05, 0.1) is 5.52 Å². The van der Waals surface area contributed by atoms with E-state index in [2.05, 4.69) is 60.5 Å². The van der Waals surface area contributed by atoms with Crippen molar-refractivity contribution in [3.8, 4) is 22.5 Å². The second-order valence-electron chi connectivity index (χ2n) is 6.50. The van der Waals surface area contributed by atoms with E-state index in [1.54, 1.807) is 12.4 Å². The molecule has 128 valence electrons. The maximum atomic E-state index is 4.73. The van der Waals surface area contributed by atoms with Gasteiger partial charge in [-0.15, -0.1) is 0 Å². The Kier molecular flexibility index (Phi) is 4.09. The number of nitrogens with one attached hydrogen (secondary N) is 1. The van der Waals surface area contributed by atoms with Crippen LogP contribution >= 0.6 is 0 Å². The molecule has 2 heterocycles. The molecular weight excluding hydrogens is 320 g/mol. The summed E-state index contributed by atoms with van der Waals surface area (Å²) in [5, 5.41) is 4.22. The number of hydrogen-bond donors (Lipinski definition) is 1. The first-order valence-corrected chi connectivity index (χ1v) is 8.62. The maximum Gasteiger partial charge on any atom is 0.163 e. The van der Waals surface area contributed by atoms with Crippen LogP contribution in [0.4, 0.5) is 5.82 Å². The highest BCUT2D eigenvalue weighted by molar-refractivity contribution is 5.94. The zero-order valence-corrected chi connectivity index (χ0v) is 15.1. The van der Waals surface area contributed by atoms with E-state index in [4.69, 9.17) is 9.97 Å². The molecule has 4 nitrogen and oxygen atoms in total. The van der Waals surface area contributed by atoms with Gasteiger partial charge in [0.2, 0.25) is 0 Å². The lowest BCUT2D eigenvalue weighted by atomic mass is 9.99. The van der Waals surface area contributed by atoms with E-state index in [1.165, 1.54) is 22.3 Å². The fourth-order valence-corrected chi connectivity index (χ4v) is 3.26. The molecule has 2 aromatic carbocycles. The van der Waals surface area contributed by atoms with E-state index in [0.717, 1.165) is 22.3 Å². The average Bonchev–Trinajstić information content (AvgIpc) is 2.66. The van der Waals surface area contributed by atoms with Crippen LogP contribution in [0.5, 0.6) is 0 Å². The Morgan fingerprint density at radius 3 is 2.31 bits per heavy atom. The monoisotopic (exact) mass is 340 g/mol. The molecule has 1 N–H and O–H groups in total. The first kappa shape index (κ1) is 16.2. The molecule has 4 rings (SSSR count). The fourth-order valence-electron chi connectivity index (χ4n) is 3.26. The SMILES string of the molecule is CNc1nc(-c2cccnc2)nc2ccc(-c3cc(C)cc(C)c3)cc12. The van der Waals surface area contributed by atoms with Crippen LogP contribution in [0.15, 0.2) is 60.9 Å². The molecule has 0 aliphatic heterocycles. The summed E-state index contributed by atoms with van der Waals surface area (Å²) in [5.41, 5.74) is 6.72. The summed E-state index contributed by atoms with van der Waals surface area (Å²) >= 11 is 0. The number of anilines is 1. The second kappa shape index (κ2) is 6.56. The minimum absolute atomic E-state index is 0.675. The average molecular weight is 340 g/mol. The van der Waals surface area contributed by atoms with Crippen molar-refractivity contribution < 1.29 is 0 Å². The molecule has 26 heavy (non-hydrogen) atoms. The topological polar surface area (TPSA) is 50.7 Å². The first-order valence-electron chi connectivity index (χ1n) is 8.62. The standard InChI is InChI=1S/C22H20N4/c1-14-9-15(2)11-18(10-14)16-6-7-20-19(12-16)22(23-3)26-21(25-20)17-5-4-8-24-13-17/h4-13H,1-3H3,(H,23,25,26). The zero-order valence-electron chi connectivity index (χ0n) is 15.1. The van der Waals surface area contributed by atoms with E-state index >= 15 is 0 Å². The van der Waals surface area contributed by atoms with Crippen molar-refractivity contribution in [2.75, 3.05) is 12.4 Å². The Bertz CT molecular complexity index is 1070. The van der Waals surface area contributed by atoms with E-state index in [9.17, 15) is 0 Å². The maximum absolute atomic E-state index is 4.73. The number of aryl methyl sites for hydroxylation is 2. The van der Waals surface area contributed by atoms with Crippen molar-refractivity contribution in [3.63, 3.8) is 0 Å². The third-order valence-corrected chi connectivity index (χ3v) is 4.41. The molecule has 0 fully saturated rings. The first-order chi connectivity index (χ1) is 12.6. The second-order valence-corrected chi connectivity index (χ2v) is 6.50. The number of aromatic nitrogens is 3. The summed E-state index contributed by atoms with van der Waals surface area (Å²) < 4.78 is 0. The third-order valence-electron chi connectivity index (χ3n) is 4.41. The van der Waals surface area contributed by atoms with Crippen LogP contribution in [0.25, 0.3) is 33.4 Å². The molecule has 4 heteroatoms. The van der Waals surface area contributed by atoms with Crippen LogP contribution in [0, 0.1) is 13.8 Å². The van der Waals surface area contributed by atoms with Crippen molar-refractivity contribution in [1.29, 1.82) is 0 Å². The van der Waals surface area contributed by atoms with Crippen LogP contribution < -0.4 is 5.32 Å². The van der Waals surface area contributed by atoms with Gasteiger partial charge in [-0.1, -0.05) is 35.4 Å². The Morgan fingerprint density at radius 2 is 1.62 bits per heavy atom. The van der Waals surface area contributed by atoms with Crippen LogP contribution in [-0.2, 0) is 0 Å². The van der Waals surface area contributed by atoms with Crippen LogP contribution in [0.3, 0.4) is 0 Å². The Morgan fingerprint density at radius 1 is 0.808 bits per heavy atom. The summed E-state index contributed by atoms with van der Waals surface area (Å²) in [6, 6.07) is 16.8. The highest BCUT2D eigenvalue weighted by Gasteiger charge is 2.10. The van der Waals surface area contributed by atoms with Gasteiger partial charge in [-0.25, -0.2) is 9.97 Å². The van der Waals surface area contributed by atoms with E-state index < -0.39 is 0 Å². The number of pyridine rings is 1. The van der Waals surface area contributed by atoms with Gasteiger partial charge in [0.15, 0.2) is 5.82 Å². The lowest BCUT2D eigenvalue weighted by molar-refractivity contribution is 1.20. The molecule has 0 aliphatic carbocycles. The summed E-state index contributed by atoms with van der Waals surface area (Å²) in [6.45, 7) is 4.25. The van der Waals surface area contributed by atoms with E-state index in [0.29, 0.717) is 5.82 Å². The molecule has 0 unspecified atom stereocenters. The normalized spacial score (nSPS) is 10.9. The van der Waals surface area contributed by atoms with Crippen molar-refractivity contribution in [1.82, 2.24) is 15.0 Å². The zero-order chi connectivity index (χ0) is 18.1. The van der Waals surface area contributed by atoms with Gasteiger partial charge in [0.1, 0.15) is 5.82 Å². The minimum Gasteiger partial charge on any atom is -0.373 e. The van der Waals surface area contributed by atoms with Crippen LogP contribution in [-0.4, -0.2) is 22.0 Å². The molecular formula is C22H20N4. The molecule has 0 bridgehead atoms. The van der Waals surface area contributed by atoms with Gasteiger partial charge in [-0.3, -0.25) is 4.98 Å². The van der Waals surface area contributed by atoms with E-state index in [-0.39, 0.29) is 0 Å². The van der Waals surface area contributed by atoms with Crippen molar-refractivity contribution in [2.45, 2.75) is 13.8 Å². The van der Waals surface area contributed by atoms with Crippen molar-refractivity contribution in [2.24, 2.45) is 0 Å². The summed E-state index contributed by atoms with van der Waals surface area (Å²) in [7, 11) is 1.89. The molecule has 4 aromatic rings. The number of rotatable bonds is 3. The number of fused-ring (bicyclic) bond motifs is 1. The van der Waals surface area contributed by atoms with Gasteiger partial charge < -0.3 is 5.32 Å². The number of benzene rings is 2. The molecule has 0 atom stereocenters. The van der Waals surface area contributed by atoms with Crippen LogP contribution in [0.2, 0.25) is 0 Å². The Hall–Kier alpha value is -3.27. The third kappa shape index (κ3) is 3.02. The van der Waals surface area contributed by atoms with Crippen molar-refractivity contribution in [3.05, 3.63) is 72.1 Å². The molecule has 0 amide bonds. The summed E-state index contributed by atoms with van der Waals surface area (Å²) in [4.78, 5) is 13.6. The molecule has 0 spiro atoms. The largest absolute Gasteiger partial charge is 0.373 e. The fraction of sp³-hybridized carbons (Fsp3) is 0.136. The quantitative estimate of drug-likeness (QED) is 0.569. The summed E-state index contributed by atoms with van der Waals surface area (Å²) in [5.74, 6) is 1.49. The Labute approximate surface area is 153 Å². The predicted octanol–water partition coefficient (Wildman–Crippen LogP) is 5.02. The predicted molar refractivity (Wildman–Crippen MR) is 107 cm³/mol. The van der Waals surface area contributed by atoms with Gasteiger partial charge in [0, 0.05) is 30.4 Å². The smallest absolute Gasteiger partial charge is 0.163 e. The minimum atomic E-state index is 0.675. The molecule has 0 radical (unpaired) electrons.